The van der Waals surface area contributed by atoms with Gasteiger partial charge in [-0.1, -0.05) is 18.2 Å². The Morgan fingerprint density at radius 1 is 1.17 bits per heavy atom. The second-order valence-corrected chi connectivity index (χ2v) is 6.32. The fraction of sp³-hybridized carbons (Fsp3) is 0.353. The third-order valence-corrected chi connectivity index (χ3v) is 4.97. The number of nitrogens with one attached hydrogen (secondary N) is 1. The molecule has 5 nitrogen and oxygen atoms in total. The number of hydrogen-bond donors (Lipinski definition) is 1. The normalized spacial score (nSPS) is 30.9. The van der Waals surface area contributed by atoms with Gasteiger partial charge in [-0.05, 0) is 36.5 Å². The van der Waals surface area contributed by atoms with Crippen LogP contribution in [0.2, 0.25) is 0 Å². The van der Waals surface area contributed by atoms with Gasteiger partial charge in [-0.25, -0.2) is 4.39 Å². The van der Waals surface area contributed by atoms with Gasteiger partial charge < -0.3 is 5.32 Å². The second-order valence-electron chi connectivity index (χ2n) is 6.32. The van der Waals surface area contributed by atoms with Crippen LogP contribution in [0.1, 0.15) is 6.42 Å². The van der Waals surface area contributed by atoms with E-state index < -0.39 is 11.7 Å². The van der Waals surface area contributed by atoms with Crippen LogP contribution in [0, 0.1) is 29.5 Å². The van der Waals surface area contributed by atoms with Gasteiger partial charge in [-0.15, -0.1) is 0 Å². The van der Waals surface area contributed by atoms with Crippen molar-refractivity contribution in [3.05, 3.63) is 42.2 Å². The van der Waals surface area contributed by atoms with E-state index in [2.05, 4.69) is 5.32 Å². The number of hydrogen-bond acceptors (Lipinski definition) is 3. The van der Waals surface area contributed by atoms with E-state index in [1.165, 1.54) is 18.2 Å². The number of allylic oxidation sites excluding steroid dienone is 2. The molecule has 1 aliphatic heterocycles. The number of carbonyl (C=O) groups excluding carboxylic acids is 3. The van der Waals surface area contributed by atoms with Crippen LogP contribution in [0.25, 0.3) is 0 Å². The molecule has 1 saturated carbocycles. The first kappa shape index (κ1) is 14.1. The van der Waals surface area contributed by atoms with Crippen LogP contribution in [0.3, 0.4) is 0 Å². The number of rotatable bonds is 3. The van der Waals surface area contributed by atoms with E-state index in [0.717, 1.165) is 11.3 Å². The van der Waals surface area contributed by atoms with Crippen molar-refractivity contribution >= 4 is 23.4 Å². The first-order valence-corrected chi connectivity index (χ1v) is 7.63. The molecule has 1 aromatic carbocycles. The fourth-order valence-corrected chi connectivity index (χ4v) is 4.03. The Morgan fingerprint density at radius 3 is 2.43 bits per heavy atom. The van der Waals surface area contributed by atoms with Crippen LogP contribution in [0.15, 0.2) is 36.4 Å². The Kier molecular flexibility index (Phi) is 3.07. The molecule has 118 valence electrons. The Hall–Kier alpha value is -2.50. The van der Waals surface area contributed by atoms with E-state index in [1.54, 1.807) is 6.07 Å². The minimum atomic E-state index is -0.502. The molecule has 2 aliphatic carbocycles. The van der Waals surface area contributed by atoms with Crippen molar-refractivity contribution < 1.29 is 18.8 Å². The van der Waals surface area contributed by atoms with Crippen LogP contribution in [0.5, 0.6) is 0 Å². The molecule has 0 radical (unpaired) electrons. The summed E-state index contributed by atoms with van der Waals surface area (Å²) in [5, 5.41) is 2.51. The van der Waals surface area contributed by atoms with Gasteiger partial charge in [0.25, 0.3) is 0 Å². The molecule has 3 amide bonds. The largest absolute Gasteiger partial charge is 0.324 e. The molecule has 3 aliphatic rings. The van der Waals surface area contributed by atoms with E-state index in [-0.39, 0.29) is 42.0 Å². The van der Waals surface area contributed by atoms with E-state index >= 15 is 0 Å². The summed E-state index contributed by atoms with van der Waals surface area (Å²) in [5.74, 6) is -1.85. The number of fused-ring (bicyclic) bond motifs is 5. The lowest BCUT2D eigenvalue weighted by Gasteiger charge is -2.16. The SMILES string of the molecule is O=C(CN1C(=O)[C@H]2[C@H](C1=O)[C@H]1C=C[C@H]2C1)Nc1cccc(F)c1. The van der Waals surface area contributed by atoms with Gasteiger partial charge in [0.05, 0.1) is 11.8 Å². The number of anilines is 1. The molecule has 4 atom stereocenters. The number of likely N-dealkylation sites (tertiary alicyclic amines) is 1. The lowest BCUT2D eigenvalue weighted by Crippen LogP contribution is -2.39. The Balaban J connectivity index is 1.46. The maximum absolute atomic E-state index is 13.1. The minimum absolute atomic E-state index is 0.123. The van der Waals surface area contributed by atoms with Crippen molar-refractivity contribution in [1.29, 1.82) is 0 Å². The summed E-state index contributed by atoms with van der Waals surface area (Å²) in [5.41, 5.74) is 0.302. The Bertz CT molecular complexity index is 715. The molecular formula is C17H15FN2O3. The second kappa shape index (κ2) is 5.01. The zero-order valence-electron chi connectivity index (χ0n) is 12.2. The van der Waals surface area contributed by atoms with E-state index in [9.17, 15) is 18.8 Å². The Morgan fingerprint density at radius 2 is 1.83 bits per heavy atom. The number of imide groups is 1. The smallest absolute Gasteiger partial charge is 0.244 e. The van der Waals surface area contributed by atoms with Crippen molar-refractivity contribution in [3.8, 4) is 0 Å². The third kappa shape index (κ3) is 2.17. The summed E-state index contributed by atoms with van der Waals surface area (Å²) in [6.07, 6.45) is 4.87. The van der Waals surface area contributed by atoms with Crippen molar-refractivity contribution in [2.45, 2.75) is 6.42 Å². The first-order valence-electron chi connectivity index (χ1n) is 7.63. The third-order valence-electron chi connectivity index (χ3n) is 4.97. The molecule has 1 N–H and O–H groups in total. The maximum atomic E-state index is 13.1. The molecule has 4 rings (SSSR count). The molecule has 1 heterocycles. The average Bonchev–Trinajstić information content (AvgIpc) is 3.17. The highest BCUT2D eigenvalue weighted by molar-refractivity contribution is 6.09. The lowest BCUT2D eigenvalue weighted by atomic mass is 9.85. The van der Waals surface area contributed by atoms with Gasteiger partial charge in [0.1, 0.15) is 12.4 Å². The summed E-state index contributed by atoms with van der Waals surface area (Å²) < 4.78 is 13.1. The van der Waals surface area contributed by atoms with Gasteiger partial charge in [-0.2, -0.15) is 0 Å². The zero-order chi connectivity index (χ0) is 16.1. The van der Waals surface area contributed by atoms with Crippen LogP contribution in [-0.4, -0.2) is 29.2 Å². The molecular weight excluding hydrogens is 299 g/mol. The summed E-state index contributed by atoms with van der Waals surface area (Å²) in [4.78, 5) is 38.0. The van der Waals surface area contributed by atoms with Crippen LogP contribution < -0.4 is 5.32 Å². The number of nitrogens with zero attached hydrogens (tertiary/aromatic N) is 1. The molecule has 2 fully saturated rings. The summed E-state index contributed by atoms with van der Waals surface area (Å²) in [6.45, 7) is -0.319. The van der Waals surface area contributed by atoms with E-state index in [0.29, 0.717) is 5.69 Å². The molecule has 23 heavy (non-hydrogen) atoms. The van der Waals surface area contributed by atoms with Gasteiger partial charge in [0.2, 0.25) is 17.7 Å². The maximum Gasteiger partial charge on any atom is 0.244 e. The highest BCUT2D eigenvalue weighted by atomic mass is 19.1. The van der Waals surface area contributed by atoms with Gasteiger partial charge >= 0.3 is 0 Å². The monoisotopic (exact) mass is 314 g/mol. The van der Waals surface area contributed by atoms with Gasteiger partial charge in [0.15, 0.2) is 0 Å². The molecule has 0 aromatic heterocycles. The molecule has 1 saturated heterocycles. The number of amides is 3. The number of halogens is 1. The summed E-state index contributed by atoms with van der Waals surface area (Å²) >= 11 is 0. The van der Waals surface area contributed by atoms with Crippen LogP contribution in [-0.2, 0) is 14.4 Å². The van der Waals surface area contributed by atoms with Crippen molar-refractivity contribution in [2.75, 3.05) is 11.9 Å². The molecule has 2 bridgehead atoms. The molecule has 6 heteroatoms. The highest BCUT2D eigenvalue weighted by Crippen LogP contribution is 2.52. The predicted molar refractivity (Wildman–Crippen MR) is 79.5 cm³/mol. The molecule has 1 aromatic rings. The standard InChI is InChI=1S/C17H15FN2O3/c18-11-2-1-3-12(7-11)19-13(21)8-20-16(22)14-9-4-5-10(6-9)15(14)17(20)23/h1-5,7,9-10,14-15H,6,8H2,(H,19,21)/t9-,10-,14+,15+/m0/s1. The highest BCUT2D eigenvalue weighted by Gasteiger charge is 2.59. The van der Waals surface area contributed by atoms with Gasteiger partial charge in [-0.3, -0.25) is 19.3 Å². The predicted octanol–water partition coefficient (Wildman–Crippen LogP) is 1.57. The fourth-order valence-electron chi connectivity index (χ4n) is 4.03. The van der Waals surface area contributed by atoms with Crippen LogP contribution in [0.4, 0.5) is 10.1 Å². The Labute approximate surface area is 132 Å². The average molecular weight is 314 g/mol. The number of carbonyl (C=O) groups is 3. The first-order chi connectivity index (χ1) is 11.0. The van der Waals surface area contributed by atoms with Gasteiger partial charge in [0, 0.05) is 5.69 Å². The van der Waals surface area contributed by atoms with Crippen molar-refractivity contribution in [1.82, 2.24) is 4.90 Å². The van der Waals surface area contributed by atoms with Crippen molar-refractivity contribution in [3.63, 3.8) is 0 Å². The summed E-state index contributed by atoms with van der Waals surface area (Å²) in [7, 11) is 0. The van der Waals surface area contributed by atoms with Crippen molar-refractivity contribution in [2.24, 2.45) is 23.7 Å². The van der Waals surface area contributed by atoms with E-state index in [1.807, 2.05) is 12.2 Å². The minimum Gasteiger partial charge on any atom is -0.324 e. The van der Waals surface area contributed by atoms with E-state index in [4.69, 9.17) is 0 Å². The molecule has 0 unspecified atom stereocenters. The molecule has 0 spiro atoms. The quantitative estimate of drug-likeness (QED) is 0.680. The zero-order valence-corrected chi connectivity index (χ0v) is 12.2. The topological polar surface area (TPSA) is 66.5 Å². The van der Waals surface area contributed by atoms with Crippen LogP contribution >= 0.6 is 0 Å². The summed E-state index contributed by atoms with van der Waals surface area (Å²) in [6, 6.07) is 5.48. The number of benzene rings is 1. The lowest BCUT2D eigenvalue weighted by molar-refractivity contribution is -0.143.